The first-order valence-corrected chi connectivity index (χ1v) is 6.38. The maximum Gasteiger partial charge on any atom is 0.319 e. The summed E-state index contributed by atoms with van der Waals surface area (Å²) in [5.41, 5.74) is 1.77. The lowest BCUT2D eigenvalue weighted by molar-refractivity contribution is 0.198. The number of amides is 2. The van der Waals surface area contributed by atoms with Crippen LogP contribution in [0.25, 0.3) is 0 Å². The predicted octanol–water partition coefficient (Wildman–Crippen LogP) is 1.70. The number of methoxy groups -OCH3 is 1. The molecule has 1 aromatic heterocycles. The largest absolute Gasteiger partial charge is 0.383 e. The van der Waals surface area contributed by atoms with E-state index in [1.54, 1.807) is 13.3 Å². The molecule has 1 aromatic carbocycles. The van der Waals surface area contributed by atoms with Crippen LogP contribution in [0.15, 0.2) is 42.7 Å². The summed E-state index contributed by atoms with van der Waals surface area (Å²) in [6, 6.07) is 9.29. The van der Waals surface area contributed by atoms with E-state index in [-0.39, 0.29) is 6.03 Å². The molecule has 6 nitrogen and oxygen atoms in total. The van der Waals surface area contributed by atoms with E-state index in [9.17, 15) is 4.79 Å². The lowest BCUT2D eigenvalue weighted by atomic mass is 10.2. The Morgan fingerprint density at radius 1 is 1.35 bits per heavy atom. The third-order valence-electron chi connectivity index (χ3n) is 2.75. The van der Waals surface area contributed by atoms with Crippen LogP contribution >= 0.6 is 0 Å². The van der Waals surface area contributed by atoms with E-state index in [1.807, 2.05) is 41.2 Å². The number of hydrogen-bond donors (Lipinski definition) is 2. The molecule has 0 atom stereocenters. The molecule has 1 heterocycles. The first kappa shape index (κ1) is 14.1. The Balaban J connectivity index is 1.98. The molecule has 106 valence electrons. The second kappa shape index (κ2) is 7.30. The summed E-state index contributed by atoms with van der Waals surface area (Å²) in [5, 5.41) is 9.72. The van der Waals surface area contributed by atoms with Crippen LogP contribution in [-0.2, 0) is 11.3 Å². The molecule has 0 aliphatic rings. The van der Waals surface area contributed by atoms with Gasteiger partial charge < -0.3 is 15.4 Å². The van der Waals surface area contributed by atoms with Gasteiger partial charge >= 0.3 is 6.03 Å². The van der Waals surface area contributed by atoms with Crippen LogP contribution in [-0.4, -0.2) is 36.1 Å². The van der Waals surface area contributed by atoms with E-state index in [4.69, 9.17) is 4.74 Å². The van der Waals surface area contributed by atoms with Gasteiger partial charge in [-0.3, -0.25) is 4.68 Å². The Bertz CT molecular complexity index is 540. The van der Waals surface area contributed by atoms with E-state index >= 15 is 0 Å². The third-order valence-corrected chi connectivity index (χ3v) is 2.75. The van der Waals surface area contributed by atoms with Gasteiger partial charge in [-0.2, -0.15) is 5.10 Å². The fourth-order valence-electron chi connectivity index (χ4n) is 1.78. The molecular formula is C14H18N4O2. The van der Waals surface area contributed by atoms with Gasteiger partial charge in [-0.1, -0.05) is 18.2 Å². The second-order valence-corrected chi connectivity index (χ2v) is 4.23. The van der Waals surface area contributed by atoms with Crippen molar-refractivity contribution in [3.63, 3.8) is 0 Å². The Morgan fingerprint density at radius 3 is 2.95 bits per heavy atom. The number of urea groups is 1. The maximum atomic E-state index is 11.7. The van der Waals surface area contributed by atoms with Crippen molar-refractivity contribution in [2.75, 3.05) is 25.6 Å². The summed E-state index contributed by atoms with van der Waals surface area (Å²) in [6.45, 7) is 1.58. The van der Waals surface area contributed by atoms with Crippen LogP contribution in [0.3, 0.4) is 0 Å². The zero-order valence-corrected chi connectivity index (χ0v) is 11.4. The summed E-state index contributed by atoms with van der Waals surface area (Å²) in [4.78, 5) is 11.7. The SMILES string of the molecule is COCCNC(=O)Nc1ccccc1Cn1cccn1. The van der Waals surface area contributed by atoms with Gasteiger partial charge in [0.25, 0.3) is 0 Å². The quantitative estimate of drug-likeness (QED) is 0.788. The molecule has 0 fully saturated rings. The van der Waals surface area contributed by atoms with Crippen molar-refractivity contribution in [3.8, 4) is 0 Å². The Kier molecular flexibility index (Phi) is 5.14. The fourth-order valence-corrected chi connectivity index (χ4v) is 1.78. The molecule has 2 N–H and O–H groups in total. The summed E-state index contributed by atoms with van der Waals surface area (Å²) in [6.07, 6.45) is 3.61. The molecule has 2 rings (SSSR count). The van der Waals surface area contributed by atoms with Gasteiger partial charge in [-0.25, -0.2) is 4.79 Å². The second-order valence-electron chi connectivity index (χ2n) is 4.23. The van der Waals surface area contributed by atoms with E-state index in [0.29, 0.717) is 19.7 Å². The Labute approximate surface area is 117 Å². The number of ether oxygens (including phenoxy) is 1. The minimum absolute atomic E-state index is 0.241. The highest BCUT2D eigenvalue weighted by Crippen LogP contribution is 2.15. The molecule has 0 saturated heterocycles. The zero-order chi connectivity index (χ0) is 14.2. The standard InChI is InChI=1S/C14H18N4O2/c1-20-10-8-15-14(19)17-13-6-3-2-5-12(13)11-18-9-4-7-16-18/h2-7,9H,8,10-11H2,1H3,(H2,15,17,19). The highest BCUT2D eigenvalue weighted by Gasteiger charge is 2.06. The summed E-state index contributed by atoms with van der Waals surface area (Å²) < 4.78 is 6.69. The van der Waals surface area contributed by atoms with Crippen LogP contribution in [0.1, 0.15) is 5.56 Å². The number of hydrogen-bond acceptors (Lipinski definition) is 3. The Morgan fingerprint density at radius 2 is 2.20 bits per heavy atom. The van der Waals surface area contributed by atoms with Gasteiger partial charge in [0.2, 0.25) is 0 Å². The van der Waals surface area contributed by atoms with Gasteiger partial charge in [-0.05, 0) is 17.7 Å². The highest BCUT2D eigenvalue weighted by atomic mass is 16.5. The number of anilines is 1. The van der Waals surface area contributed by atoms with Crippen LogP contribution in [0, 0.1) is 0 Å². The van der Waals surface area contributed by atoms with Crippen molar-refractivity contribution < 1.29 is 9.53 Å². The van der Waals surface area contributed by atoms with E-state index in [0.717, 1.165) is 11.3 Å². The number of carbonyl (C=O) groups excluding carboxylic acids is 1. The molecule has 0 radical (unpaired) electrons. The molecule has 20 heavy (non-hydrogen) atoms. The smallest absolute Gasteiger partial charge is 0.319 e. The van der Waals surface area contributed by atoms with Crippen LogP contribution in [0.5, 0.6) is 0 Å². The lowest BCUT2D eigenvalue weighted by Crippen LogP contribution is -2.31. The molecule has 0 aliphatic carbocycles. The van der Waals surface area contributed by atoms with Crippen molar-refractivity contribution in [2.45, 2.75) is 6.54 Å². The van der Waals surface area contributed by atoms with Crippen LogP contribution < -0.4 is 10.6 Å². The van der Waals surface area contributed by atoms with Crippen molar-refractivity contribution >= 4 is 11.7 Å². The van der Waals surface area contributed by atoms with Crippen molar-refractivity contribution in [3.05, 3.63) is 48.3 Å². The molecular weight excluding hydrogens is 256 g/mol. The monoisotopic (exact) mass is 274 g/mol. The summed E-state index contributed by atoms with van der Waals surface area (Å²) in [7, 11) is 1.60. The van der Waals surface area contributed by atoms with Crippen molar-refractivity contribution in [2.24, 2.45) is 0 Å². The van der Waals surface area contributed by atoms with Gasteiger partial charge in [-0.15, -0.1) is 0 Å². The number of rotatable bonds is 6. The molecule has 2 amide bonds. The highest BCUT2D eigenvalue weighted by molar-refractivity contribution is 5.90. The maximum absolute atomic E-state index is 11.7. The van der Waals surface area contributed by atoms with E-state index in [1.165, 1.54) is 0 Å². The molecule has 0 unspecified atom stereocenters. The fraction of sp³-hybridized carbons (Fsp3) is 0.286. The minimum Gasteiger partial charge on any atom is -0.383 e. The van der Waals surface area contributed by atoms with Crippen molar-refractivity contribution in [1.82, 2.24) is 15.1 Å². The number of carbonyl (C=O) groups is 1. The minimum atomic E-state index is -0.241. The predicted molar refractivity (Wildman–Crippen MR) is 76.7 cm³/mol. The van der Waals surface area contributed by atoms with Gasteiger partial charge in [0.1, 0.15) is 0 Å². The third kappa shape index (κ3) is 4.10. The molecule has 0 spiro atoms. The topological polar surface area (TPSA) is 68.2 Å². The molecule has 2 aromatic rings. The van der Waals surface area contributed by atoms with Gasteiger partial charge in [0.05, 0.1) is 13.2 Å². The van der Waals surface area contributed by atoms with Crippen molar-refractivity contribution in [1.29, 1.82) is 0 Å². The molecule has 0 bridgehead atoms. The normalized spacial score (nSPS) is 10.2. The number of nitrogens with zero attached hydrogens (tertiary/aromatic N) is 2. The number of nitrogens with one attached hydrogen (secondary N) is 2. The molecule has 6 heteroatoms. The number of para-hydroxylation sites is 1. The van der Waals surface area contributed by atoms with Crippen LogP contribution in [0.4, 0.5) is 10.5 Å². The first-order valence-electron chi connectivity index (χ1n) is 6.38. The van der Waals surface area contributed by atoms with Crippen LogP contribution in [0.2, 0.25) is 0 Å². The van der Waals surface area contributed by atoms with Gasteiger partial charge in [0, 0.05) is 31.7 Å². The average molecular weight is 274 g/mol. The number of aromatic nitrogens is 2. The summed E-state index contributed by atoms with van der Waals surface area (Å²) in [5.74, 6) is 0. The first-order chi connectivity index (χ1) is 9.79. The lowest BCUT2D eigenvalue weighted by Gasteiger charge is -2.12. The molecule has 0 saturated carbocycles. The molecule has 0 aliphatic heterocycles. The average Bonchev–Trinajstić information content (AvgIpc) is 2.94. The van der Waals surface area contributed by atoms with Gasteiger partial charge in [0.15, 0.2) is 0 Å². The summed E-state index contributed by atoms with van der Waals surface area (Å²) >= 11 is 0. The Hall–Kier alpha value is -2.34. The van der Waals surface area contributed by atoms with E-state index < -0.39 is 0 Å². The zero-order valence-electron chi connectivity index (χ0n) is 11.4. The van der Waals surface area contributed by atoms with E-state index in [2.05, 4.69) is 15.7 Å². The number of benzene rings is 1.